The lowest BCUT2D eigenvalue weighted by Gasteiger charge is -2.13. The molecule has 0 bridgehead atoms. The molecule has 1 amide bonds. The SMILES string of the molecule is CCOCC(C)NCC(=O)Nc1cccc(F)c1. The largest absolute Gasteiger partial charge is 0.380 e. The molecule has 18 heavy (non-hydrogen) atoms. The maximum Gasteiger partial charge on any atom is 0.238 e. The predicted molar refractivity (Wildman–Crippen MR) is 69.0 cm³/mol. The molecule has 100 valence electrons. The Kier molecular flexibility index (Phi) is 6.32. The summed E-state index contributed by atoms with van der Waals surface area (Å²) in [5.74, 6) is -0.575. The van der Waals surface area contributed by atoms with Gasteiger partial charge in [0.25, 0.3) is 0 Å². The minimum atomic E-state index is -0.370. The second kappa shape index (κ2) is 7.79. The maximum absolute atomic E-state index is 12.9. The number of benzene rings is 1. The van der Waals surface area contributed by atoms with E-state index in [4.69, 9.17) is 4.74 Å². The molecule has 0 aromatic heterocycles. The number of rotatable bonds is 7. The van der Waals surface area contributed by atoms with Crippen molar-refractivity contribution < 1.29 is 13.9 Å². The Morgan fingerprint density at radius 2 is 2.28 bits per heavy atom. The van der Waals surface area contributed by atoms with Crippen molar-refractivity contribution >= 4 is 11.6 Å². The first-order valence-corrected chi connectivity index (χ1v) is 5.98. The molecule has 0 radical (unpaired) electrons. The molecule has 1 atom stereocenters. The normalized spacial score (nSPS) is 12.2. The van der Waals surface area contributed by atoms with Crippen molar-refractivity contribution in [3.05, 3.63) is 30.1 Å². The molecule has 0 saturated carbocycles. The van der Waals surface area contributed by atoms with Gasteiger partial charge in [0.2, 0.25) is 5.91 Å². The zero-order valence-electron chi connectivity index (χ0n) is 10.7. The molecule has 0 spiro atoms. The van der Waals surface area contributed by atoms with E-state index in [9.17, 15) is 9.18 Å². The van der Waals surface area contributed by atoms with Crippen LogP contribution in [0.25, 0.3) is 0 Å². The molecule has 2 N–H and O–H groups in total. The van der Waals surface area contributed by atoms with Gasteiger partial charge in [0.15, 0.2) is 0 Å². The van der Waals surface area contributed by atoms with Crippen LogP contribution in [0.1, 0.15) is 13.8 Å². The van der Waals surface area contributed by atoms with E-state index < -0.39 is 0 Å². The van der Waals surface area contributed by atoms with Crippen molar-refractivity contribution in [2.75, 3.05) is 25.1 Å². The number of carbonyl (C=O) groups excluding carboxylic acids is 1. The van der Waals surface area contributed by atoms with Gasteiger partial charge in [0.05, 0.1) is 13.2 Å². The molecular formula is C13H19FN2O2. The number of halogens is 1. The fourth-order valence-corrected chi connectivity index (χ4v) is 1.39. The van der Waals surface area contributed by atoms with Gasteiger partial charge in [-0.15, -0.1) is 0 Å². The molecule has 5 heteroatoms. The van der Waals surface area contributed by atoms with Gasteiger partial charge >= 0.3 is 0 Å². The van der Waals surface area contributed by atoms with E-state index in [1.165, 1.54) is 12.1 Å². The highest BCUT2D eigenvalue weighted by Gasteiger charge is 2.06. The fourth-order valence-electron chi connectivity index (χ4n) is 1.39. The van der Waals surface area contributed by atoms with Crippen LogP contribution in [-0.2, 0) is 9.53 Å². The first kappa shape index (κ1) is 14.6. The zero-order chi connectivity index (χ0) is 13.4. The summed E-state index contributed by atoms with van der Waals surface area (Å²) in [7, 11) is 0. The highest BCUT2D eigenvalue weighted by Crippen LogP contribution is 2.08. The molecule has 0 aliphatic heterocycles. The van der Waals surface area contributed by atoms with Crippen molar-refractivity contribution in [3.63, 3.8) is 0 Å². The molecule has 1 unspecified atom stereocenters. The Morgan fingerprint density at radius 1 is 1.50 bits per heavy atom. The monoisotopic (exact) mass is 254 g/mol. The quantitative estimate of drug-likeness (QED) is 0.780. The van der Waals surface area contributed by atoms with Gasteiger partial charge in [0, 0.05) is 18.3 Å². The molecule has 1 aromatic carbocycles. The summed E-state index contributed by atoms with van der Waals surface area (Å²) in [5, 5.41) is 5.63. The molecular weight excluding hydrogens is 235 g/mol. The van der Waals surface area contributed by atoms with Crippen LogP contribution in [0.4, 0.5) is 10.1 Å². The summed E-state index contributed by atoms with van der Waals surface area (Å²) in [5.41, 5.74) is 0.458. The Hall–Kier alpha value is -1.46. The molecule has 0 heterocycles. The van der Waals surface area contributed by atoms with Crippen LogP contribution >= 0.6 is 0 Å². The van der Waals surface area contributed by atoms with E-state index >= 15 is 0 Å². The van der Waals surface area contributed by atoms with Gasteiger partial charge in [-0.25, -0.2) is 4.39 Å². The van der Waals surface area contributed by atoms with E-state index in [1.54, 1.807) is 12.1 Å². The van der Waals surface area contributed by atoms with E-state index in [0.717, 1.165) is 0 Å². The van der Waals surface area contributed by atoms with E-state index in [1.807, 2.05) is 13.8 Å². The van der Waals surface area contributed by atoms with Crippen molar-refractivity contribution in [1.82, 2.24) is 5.32 Å². The lowest BCUT2D eigenvalue weighted by molar-refractivity contribution is -0.115. The van der Waals surface area contributed by atoms with E-state index in [-0.39, 0.29) is 24.3 Å². The third kappa shape index (κ3) is 5.75. The predicted octanol–water partition coefficient (Wildman–Crippen LogP) is 1.78. The lowest BCUT2D eigenvalue weighted by atomic mass is 10.3. The second-order valence-corrected chi connectivity index (χ2v) is 4.00. The Labute approximate surface area is 107 Å². The van der Waals surface area contributed by atoms with Crippen LogP contribution < -0.4 is 10.6 Å². The van der Waals surface area contributed by atoms with Crippen LogP contribution in [0.15, 0.2) is 24.3 Å². The molecule has 1 rings (SSSR count). The van der Waals surface area contributed by atoms with Gasteiger partial charge in [-0.3, -0.25) is 4.79 Å². The van der Waals surface area contributed by atoms with Crippen molar-refractivity contribution in [2.45, 2.75) is 19.9 Å². The lowest BCUT2D eigenvalue weighted by Crippen LogP contribution is -2.37. The highest BCUT2D eigenvalue weighted by atomic mass is 19.1. The number of ether oxygens (including phenoxy) is 1. The minimum Gasteiger partial charge on any atom is -0.380 e. The van der Waals surface area contributed by atoms with Crippen LogP contribution in [-0.4, -0.2) is 31.7 Å². The Balaban J connectivity index is 2.29. The number of carbonyl (C=O) groups is 1. The molecule has 4 nitrogen and oxygen atoms in total. The average molecular weight is 254 g/mol. The minimum absolute atomic E-state index is 0.100. The van der Waals surface area contributed by atoms with Crippen LogP contribution in [0.3, 0.4) is 0 Å². The Morgan fingerprint density at radius 3 is 2.94 bits per heavy atom. The molecule has 1 aromatic rings. The van der Waals surface area contributed by atoms with Gasteiger partial charge in [-0.05, 0) is 32.0 Å². The van der Waals surface area contributed by atoms with Crippen molar-refractivity contribution in [3.8, 4) is 0 Å². The number of amides is 1. The number of anilines is 1. The van der Waals surface area contributed by atoms with Crippen LogP contribution in [0, 0.1) is 5.82 Å². The number of hydrogen-bond donors (Lipinski definition) is 2. The van der Waals surface area contributed by atoms with Gasteiger partial charge < -0.3 is 15.4 Å². The smallest absolute Gasteiger partial charge is 0.238 e. The topological polar surface area (TPSA) is 50.4 Å². The number of hydrogen-bond acceptors (Lipinski definition) is 3. The third-order valence-corrected chi connectivity index (χ3v) is 2.29. The third-order valence-electron chi connectivity index (χ3n) is 2.29. The molecule has 0 aliphatic carbocycles. The summed E-state index contributed by atoms with van der Waals surface area (Å²) < 4.78 is 18.1. The summed E-state index contributed by atoms with van der Waals surface area (Å²) in [6, 6.07) is 5.91. The van der Waals surface area contributed by atoms with Gasteiger partial charge in [-0.1, -0.05) is 6.07 Å². The second-order valence-electron chi connectivity index (χ2n) is 4.00. The molecule has 0 saturated heterocycles. The zero-order valence-corrected chi connectivity index (χ0v) is 10.7. The molecule has 0 fully saturated rings. The Bertz CT molecular complexity index is 385. The van der Waals surface area contributed by atoms with E-state index in [0.29, 0.717) is 18.9 Å². The summed E-state index contributed by atoms with van der Waals surface area (Å²) in [6.07, 6.45) is 0. The summed E-state index contributed by atoms with van der Waals surface area (Å²) >= 11 is 0. The summed E-state index contributed by atoms with van der Waals surface area (Å²) in [6.45, 7) is 5.24. The van der Waals surface area contributed by atoms with Crippen molar-refractivity contribution in [1.29, 1.82) is 0 Å². The fraction of sp³-hybridized carbons (Fsp3) is 0.462. The average Bonchev–Trinajstić information content (AvgIpc) is 2.34. The first-order valence-electron chi connectivity index (χ1n) is 5.98. The van der Waals surface area contributed by atoms with Crippen LogP contribution in [0.5, 0.6) is 0 Å². The van der Waals surface area contributed by atoms with Gasteiger partial charge in [0.1, 0.15) is 5.82 Å². The van der Waals surface area contributed by atoms with Gasteiger partial charge in [-0.2, -0.15) is 0 Å². The maximum atomic E-state index is 12.9. The standard InChI is InChI=1S/C13H19FN2O2/c1-3-18-9-10(2)15-8-13(17)16-12-6-4-5-11(14)7-12/h4-7,10,15H,3,8-9H2,1-2H3,(H,16,17). The van der Waals surface area contributed by atoms with Crippen molar-refractivity contribution in [2.24, 2.45) is 0 Å². The van der Waals surface area contributed by atoms with Crippen LogP contribution in [0.2, 0.25) is 0 Å². The molecule has 0 aliphatic rings. The summed E-state index contributed by atoms with van der Waals surface area (Å²) in [4.78, 5) is 11.6. The van der Waals surface area contributed by atoms with E-state index in [2.05, 4.69) is 10.6 Å². The highest BCUT2D eigenvalue weighted by molar-refractivity contribution is 5.92. The first-order chi connectivity index (χ1) is 8.61. The number of nitrogens with one attached hydrogen (secondary N) is 2.